The largest absolute Gasteiger partial charge is 0.357 e. The second kappa shape index (κ2) is 6.64. The molecule has 0 aromatic carbocycles. The smallest absolute Gasteiger partial charge is 0.191 e. The number of H-pyrrole nitrogens is 1. The van der Waals surface area contributed by atoms with Gasteiger partial charge in [-0.25, -0.2) is 4.99 Å². The van der Waals surface area contributed by atoms with Gasteiger partial charge >= 0.3 is 0 Å². The lowest BCUT2D eigenvalue weighted by Gasteiger charge is -2.08. The molecule has 0 atom stereocenters. The van der Waals surface area contributed by atoms with E-state index in [-0.39, 0.29) is 0 Å². The standard InChI is InChI=1S/C10H17N5/c1-3-6-12-10(11-4-2)13-8-9-5-7-14-15-9/h3,5,7H,1,4,6,8H2,2H3,(H,14,15)(H2,11,12,13). The predicted octanol–water partition coefficient (Wildman–Crippen LogP) is 0.651. The molecule has 0 aliphatic heterocycles. The fourth-order valence-corrected chi connectivity index (χ4v) is 1.05. The Bertz CT molecular complexity index is 302. The number of hydrogen-bond donors (Lipinski definition) is 3. The van der Waals surface area contributed by atoms with E-state index in [1.165, 1.54) is 0 Å². The van der Waals surface area contributed by atoms with Crippen LogP contribution in [0, 0.1) is 0 Å². The highest BCUT2D eigenvalue weighted by atomic mass is 15.2. The molecule has 1 aromatic rings. The molecule has 82 valence electrons. The Hall–Kier alpha value is -1.78. The van der Waals surface area contributed by atoms with Crippen LogP contribution in [0.1, 0.15) is 12.6 Å². The van der Waals surface area contributed by atoms with E-state index in [2.05, 4.69) is 32.4 Å². The van der Waals surface area contributed by atoms with Gasteiger partial charge in [0.05, 0.1) is 12.2 Å². The molecule has 0 bridgehead atoms. The Kier molecular flexibility index (Phi) is 5.00. The van der Waals surface area contributed by atoms with Crippen molar-refractivity contribution in [3.05, 3.63) is 30.6 Å². The maximum atomic E-state index is 4.37. The number of aromatic nitrogens is 2. The van der Waals surface area contributed by atoms with Gasteiger partial charge in [-0.15, -0.1) is 6.58 Å². The third-order valence-corrected chi connectivity index (χ3v) is 1.72. The third kappa shape index (κ3) is 4.30. The summed E-state index contributed by atoms with van der Waals surface area (Å²) in [6.07, 6.45) is 3.51. The Morgan fingerprint density at radius 1 is 1.67 bits per heavy atom. The second-order valence-electron chi connectivity index (χ2n) is 2.95. The molecule has 15 heavy (non-hydrogen) atoms. The number of nitrogens with zero attached hydrogens (tertiary/aromatic N) is 2. The van der Waals surface area contributed by atoms with Crippen molar-refractivity contribution in [1.29, 1.82) is 0 Å². The molecule has 0 aliphatic carbocycles. The van der Waals surface area contributed by atoms with Gasteiger partial charge in [0.25, 0.3) is 0 Å². The summed E-state index contributed by atoms with van der Waals surface area (Å²) in [6.45, 7) is 7.80. The van der Waals surface area contributed by atoms with E-state index in [9.17, 15) is 0 Å². The molecule has 5 heteroatoms. The molecule has 5 nitrogen and oxygen atoms in total. The number of guanidine groups is 1. The Balaban J connectivity index is 2.46. The number of nitrogens with one attached hydrogen (secondary N) is 3. The van der Waals surface area contributed by atoms with Gasteiger partial charge in [-0.3, -0.25) is 5.10 Å². The summed E-state index contributed by atoms with van der Waals surface area (Å²) < 4.78 is 0. The van der Waals surface area contributed by atoms with Gasteiger partial charge in [0, 0.05) is 19.3 Å². The van der Waals surface area contributed by atoms with Gasteiger partial charge in [-0.2, -0.15) is 5.10 Å². The topological polar surface area (TPSA) is 65.1 Å². The van der Waals surface area contributed by atoms with Crippen LogP contribution in [0.5, 0.6) is 0 Å². The zero-order valence-corrected chi connectivity index (χ0v) is 8.95. The van der Waals surface area contributed by atoms with Crippen molar-refractivity contribution in [2.75, 3.05) is 13.1 Å². The van der Waals surface area contributed by atoms with Gasteiger partial charge in [-0.05, 0) is 13.0 Å². The summed E-state index contributed by atoms with van der Waals surface area (Å²) in [7, 11) is 0. The minimum absolute atomic E-state index is 0.590. The van der Waals surface area contributed by atoms with E-state index < -0.39 is 0 Å². The minimum Gasteiger partial charge on any atom is -0.357 e. The molecule has 0 aliphatic rings. The van der Waals surface area contributed by atoms with Crippen molar-refractivity contribution >= 4 is 5.96 Å². The van der Waals surface area contributed by atoms with Crippen LogP contribution in [-0.2, 0) is 6.54 Å². The predicted molar refractivity (Wildman–Crippen MR) is 61.6 cm³/mol. The van der Waals surface area contributed by atoms with Gasteiger partial charge in [-0.1, -0.05) is 6.08 Å². The fourth-order valence-electron chi connectivity index (χ4n) is 1.05. The molecular weight excluding hydrogens is 190 g/mol. The van der Waals surface area contributed by atoms with Crippen molar-refractivity contribution < 1.29 is 0 Å². The fraction of sp³-hybridized carbons (Fsp3) is 0.400. The van der Waals surface area contributed by atoms with Crippen molar-refractivity contribution in [3.8, 4) is 0 Å². The van der Waals surface area contributed by atoms with Crippen LogP contribution in [0.15, 0.2) is 29.9 Å². The number of rotatable bonds is 5. The van der Waals surface area contributed by atoms with Crippen molar-refractivity contribution in [3.63, 3.8) is 0 Å². The van der Waals surface area contributed by atoms with Gasteiger partial charge in [0.15, 0.2) is 5.96 Å². The number of hydrogen-bond acceptors (Lipinski definition) is 2. The van der Waals surface area contributed by atoms with Crippen LogP contribution in [-0.4, -0.2) is 29.2 Å². The Labute approximate surface area is 89.7 Å². The summed E-state index contributed by atoms with van der Waals surface area (Å²) in [4.78, 5) is 4.37. The molecule has 0 unspecified atom stereocenters. The number of aromatic amines is 1. The molecule has 1 heterocycles. The molecule has 0 fully saturated rings. The zero-order chi connectivity index (χ0) is 10.9. The first-order chi connectivity index (χ1) is 7.36. The summed E-state index contributed by atoms with van der Waals surface area (Å²) in [6, 6.07) is 1.90. The average molecular weight is 207 g/mol. The normalized spacial score (nSPS) is 11.1. The minimum atomic E-state index is 0.590. The van der Waals surface area contributed by atoms with E-state index >= 15 is 0 Å². The molecule has 3 N–H and O–H groups in total. The zero-order valence-electron chi connectivity index (χ0n) is 8.95. The van der Waals surface area contributed by atoms with Crippen LogP contribution in [0.25, 0.3) is 0 Å². The van der Waals surface area contributed by atoms with Gasteiger partial charge in [0.1, 0.15) is 0 Å². The van der Waals surface area contributed by atoms with Crippen molar-refractivity contribution in [2.24, 2.45) is 4.99 Å². The van der Waals surface area contributed by atoms with E-state index in [1.807, 2.05) is 13.0 Å². The van der Waals surface area contributed by atoms with E-state index in [4.69, 9.17) is 0 Å². The lowest BCUT2D eigenvalue weighted by Crippen LogP contribution is -2.37. The second-order valence-corrected chi connectivity index (χ2v) is 2.95. The molecular formula is C10H17N5. The SMILES string of the molecule is C=CCNC(=NCc1ccn[nH]1)NCC. The van der Waals surface area contributed by atoms with Crippen LogP contribution >= 0.6 is 0 Å². The molecule has 1 aromatic heterocycles. The lowest BCUT2D eigenvalue weighted by atomic mass is 10.4. The molecule has 1 rings (SSSR count). The molecule has 0 spiro atoms. The molecule has 0 saturated carbocycles. The van der Waals surface area contributed by atoms with Gasteiger partial charge in [0.2, 0.25) is 0 Å². The third-order valence-electron chi connectivity index (χ3n) is 1.72. The van der Waals surface area contributed by atoms with Crippen LogP contribution in [0.2, 0.25) is 0 Å². The summed E-state index contributed by atoms with van der Waals surface area (Å²) in [5.74, 6) is 0.784. The maximum Gasteiger partial charge on any atom is 0.191 e. The average Bonchev–Trinajstić information content (AvgIpc) is 2.75. The Morgan fingerprint density at radius 3 is 3.13 bits per heavy atom. The first-order valence-electron chi connectivity index (χ1n) is 4.98. The Morgan fingerprint density at radius 2 is 2.53 bits per heavy atom. The monoisotopic (exact) mass is 207 g/mol. The van der Waals surface area contributed by atoms with Crippen molar-refractivity contribution in [2.45, 2.75) is 13.5 Å². The van der Waals surface area contributed by atoms with Crippen LogP contribution in [0.4, 0.5) is 0 Å². The quantitative estimate of drug-likeness (QED) is 0.377. The summed E-state index contributed by atoms with van der Waals surface area (Å²) >= 11 is 0. The molecule has 0 radical (unpaired) electrons. The maximum absolute atomic E-state index is 4.37. The highest BCUT2D eigenvalue weighted by molar-refractivity contribution is 5.79. The molecule has 0 amide bonds. The highest BCUT2D eigenvalue weighted by Gasteiger charge is 1.95. The highest BCUT2D eigenvalue weighted by Crippen LogP contribution is 1.93. The summed E-state index contributed by atoms with van der Waals surface area (Å²) in [5.41, 5.74) is 0.991. The molecule has 0 saturated heterocycles. The first kappa shape index (κ1) is 11.3. The van der Waals surface area contributed by atoms with E-state index in [0.29, 0.717) is 13.1 Å². The summed E-state index contributed by atoms with van der Waals surface area (Å²) in [5, 5.41) is 13.0. The van der Waals surface area contributed by atoms with E-state index in [0.717, 1.165) is 18.2 Å². The van der Waals surface area contributed by atoms with Crippen LogP contribution < -0.4 is 10.6 Å². The van der Waals surface area contributed by atoms with Gasteiger partial charge < -0.3 is 10.6 Å². The van der Waals surface area contributed by atoms with Crippen molar-refractivity contribution in [1.82, 2.24) is 20.8 Å². The van der Waals surface area contributed by atoms with Crippen LogP contribution in [0.3, 0.4) is 0 Å². The van der Waals surface area contributed by atoms with E-state index in [1.54, 1.807) is 12.3 Å². The lowest BCUT2D eigenvalue weighted by molar-refractivity contribution is 0.849. The first-order valence-corrected chi connectivity index (χ1v) is 4.98. The number of aliphatic imine (C=N–C) groups is 1.